The fourth-order valence-electron chi connectivity index (χ4n) is 4.15. The highest BCUT2D eigenvalue weighted by Gasteiger charge is 2.36. The Kier molecular flexibility index (Phi) is 8.15. The molecule has 0 aliphatic carbocycles. The molecule has 31 heavy (non-hydrogen) atoms. The molecule has 0 bridgehead atoms. The SMILES string of the molecule is COc1ccc(CN(C)C[C@]2(O)CCN(Cc3ccc(OCCO)c(OC)c3)C2)cc1. The van der Waals surface area contributed by atoms with Crippen LogP contribution in [0.1, 0.15) is 17.5 Å². The van der Waals surface area contributed by atoms with Gasteiger partial charge in [-0.05, 0) is 48.9 Å². The molecule has 1 heterocycles. The predicted molar refractivity (Wildman–Crippen MR) is 120 cm³/mol. The monoisotopic (exact) mass is 430 g/mol. The Balaban J connectivity index is 1.53. The van der Waals surface area contributed by atoms with Gasteiger partial charge in [-0.2, -0.15) is 0 Å². The Labute approximate surface area is 184 Å². The summed E-state index contributed by atoms with van der Waals surface area (Å²) in [7, 11) is 5.32. The van der Waals surface area contributed by atoms with Crippen molar-refractivity contribution in [3.05, 3.63) is 53.6 Å². The van der Waals surface area contributed by atoms with Crippen molar-refractivity contribution in [2.45, 2.75) is 25.1 Å². The van der Waals surface area contributed by atoms with Gasteiger partial charge in [-0.15, -0.1) is 0 Å². The smallest absolute Gasteiger partial charge is 0.161 e. The average Bonchev–Trinajstić information content (AvgIpc) is 3.12. The third kappa shape index (κ3) is 6.58. The van der Waals surface area contributed by atoms with Crippen LogP contribution in [0.15, 0.2) is 42.5 Å². The first-order valence-corrected chi connectivity index (χ1v) is 10.6. The summed E-state index contributed by atoms with van der Waals surface area (Å²) in [4.78, 5) is 4.44. The third-order valence-electron chi connectivity index (χ3n) is 5.57. The van der Waals surface area contributed by atoms with Gasteiger partial charge in [0.15, 0.2) is 11.5 Å². The average molecular weight is 431 g/mol. The highest BCUT2D eigenvalue weighted by atomic mass is 16.5. The summed E-state index contributed by atoms with van der Waals surface area (Å²) in [5.41, 5.74) is 1.57. The Bertz CT molecular complexity index is 829. The number of rotatable bonds is 11. The van der Waals surface area contributed by atoms with Crippen LogP contribution in [0.2, 0.25) is 0 Å². The number of hydrogen-bond donors (Lipinski definition) is 2. The number of aliphatic hydroxyl groups excluding tert-OH is 1. The number of benzene rings is 2. The van der Waals surface area contributed by atoms with Crippen LogP contribution >= 0.6 is 0 Å². The van der Waals surface area contributed by atoms with Gasteiger partial charge in [0.1, 0.15) is 12.4 Å². The van der Waals surface area contributed by atoms with E-state index in [1.165, 1.54) is 5.56 Å². The highest BCUT2D eigenvalue weighted by molar-refractivity contribution is 5.43. The van der Waals surface area contributed by atoms with E-state index in [-0.39, 0.29) is 13.2 Å². The van der Waals surface area contributed by atoms with Crippen molar-refractivity contribution in [2.24, 2.45) is 0 Å². The third-order valence-corrected chi connectivity index (χ3v) is 5.57. The minimum absolute atomic E-state index is 0.0375. The fraction of sp³-hybridized carbons (Fsp3) is 0.500. The van der Waals surface area contributed by atoms with E-state index in [1.807, 2.05) is 37.4 Å². The minimum atomic E-state index is -0.727. The highest BCUT2D eigenvalue weighted by Crippen LogP contribution is 2.30. The second-order valence-corrected chi connectivity index (χ2v) is 8.26. The number of ether oxygens (including phenoxy) is 3. The first-order chi connectivity index (χ1) is 14.9. The molecule has 2 aromatic carbocycles. The molecule has 1 aliphatic rings. The molecule has 1 saturated heterocycles. The molecule has 0 saturated carbocycles. The summed E-state index contributed by atoms with van der Waals surface area (Å²) < 4.78 is 16.1. The van der Waals surface area contributed by atoms with Crippen LogP contribution in [-0.2, 0) is 13.1 Å². The molecule has 1 atom stereocenters. The number of methoxy groups -OCH3 is 2. The van der Waals surface area contributed by atoms with Crippen LogP contribution in [0.5, 0.6) is 17.2 Å². The van der Waals surface area contributed by atoms with Crippen LogP contribution in [-0.4, -0.2) is 79.7 Å². The molecular weight excluding hydrogens is 396 g/mol. The van der Waals surface area contributed by atoms with E-state index in [2.05, 4.69) is 21.9 Å². The maximum atomic E-state index is 11.1. The number of β-amino-alcohol motifs (C(OH)–C–C–N with tert-alkyl or cyclic N) is 1. The molecular formula is C24H34N2O5. The van der Waals surface area contributed by atoms with E-state index < -0.39 is 5.60 Å². The molecule has 0 amide bonds. The van der Waals surface area contributed by atoms with Crippen LogP contribution in [0.4, 0.5) is 0 Å². The predicted octanol–water partition coefficient (Wildman–Crippen LogP) is 2.14. The van der Waals surface area contributed by atoms with Gasteiger partial charge in [-0.3, -0.25) is 9.80 Å². The van der Waals surface area contributed by atoms with Gasteiger partial charge in [0.25, 0.3) is 0 Å². The van der Waals surface area contributed by atoms with E-state index in [1.54, 1.807) is 14.2 Å². The Morgan fingerprint density at radius 2 is 1.77 bits per heavy atom. The number of nitrogens with zero attached hydrogens (tertiary/aromatic N) is 2. The van der Waals surface area contributed by atoms with Gasteiger partial charge in [-0.25, -0.2) is 0 Å². The van der Waals surface area contributed by atoms with E-state index in [0.29, 0.717) is 24.6 Å². The zero-order chi connectivity index (χ0) is 22.3. The topological polar surface area (TPSA) is 74.6 Å². The molecule has 0 radical (unpaired) electrons. The zero-order valence-electron chi connectivity index (χ0n) is 18.7. The van der Waals surface area contributed by atoms with Crippen molar-refractivity contribution in [3.63, 3.8) is 0 Å². The van der Waals surface area contributed by atoms with Crippen molar-refractivity contribution < 1.29 is 24.4 Å². The standard InChI is InChI=1S/C24H34N2O5/c1-25(15-19-4-7-21(29-2)8-5-19)17-24(28)10-11-26(18-24)16-20-6-9-22(31-13-12-27)23(14-20)30-3/h4-9,14,27-28H,10-13,15-18H2,1-3H3/t24-/m1/s1. The summed E-state index contributed by atoms with van der Waals surface area (Å²) in [6, 6.07) is 13.9. The van der Waals surface area contributed by atoms with E-state index in [0.717, 1.165) is 37.4 Å². The van der Waals surface area contributed by atoms with Crippen LogP contribution < -0.4 is 14.2 Å². The van der Waals surface area contributed by atoms with Gasteiger partial charge in [0.05, 0.1) is 26.4 Å². The molecule has 170 valence electrons. The van der Waals surface area contributed by atoms with Gasteiger partial charge >= 0.3 is 0 Å². The van der Waals surface area contributed by atoms with Crippen molar-refractivity contribution in [1.29, 1.82) is 0 Å². The molecule has 3 rings (SSSR count). The fourth-order valence-corrected chi connectivity index (χ4v) is 4.15. The van der Waals surface area contributed by atoms with Crippen LogP contribution in [0, 0.1) is 0 Å². The normalized spacial score (nSPS) is 19.0. The van der Waals surface area contributed by atoms with Crippen molar-refractivity contribution in [1.82, 2.24) is 9.80 Å². The van der Waals surface area contributed by atoms with E-state index in [4.69, 9.17) is 19.3 Å². The largest absolute Gasteiger partial charge is 0.497 e. The van der Waals surface area contributed by atoms with Crippen molar-refractivity contribution >= 4 is 0 Å². The Morgan fingerprint density at radius 3 is 2.45 bits per heavy atom. The van der Waals surface area contributed by atoms with Gasteiger partial charge < -0.3 is 24.4 Å². The summed E-state index contributed by atoms with van der Waals surface area (Å²) in [6.45, 7) is 3.80. The quantitative estimate of drug-likeness (QED) is 0.566. The summed E-state index contributed by atoms with van der Waals surface area (Å²) in [6.07, 6.45) is 0.745. The lowest BCUT2D eigenvalue weighted by atomic mass is 10.0. The van der Waals surface area contributed by atoms with Gasteiger partial charge in [0.2, 0.25) is 0 Å². The lowest BCUT2D eigenvalue weighted by Gasteiger charge is -2.29. The van der Waals surface area contributed by atoms with Crippen molar-refractivity contribution in [2.75, 3.05) is 54.1 Å². The molecule has 0 unspecified atom stereocenters. The molecule has 0 aromatic heterocycles. The van der Waals surface area contributed by atoms with Crippen LogP contribution in [0.25, 0.3) is 0 Å². The number of likely N-dealkylation sites (tertiary alicyclic amines) is 1. The Hall–Kier alpha value is -2.32. The molecule has 1 aliphatic heterocycles. The zero-order valence-corrected chi connectivity index (χ0v) is 18.7. The first kappa shape index (κ1) is 23.3. The van der Waals surface area contributed by atoms with Gasteiger partial charge in [-0.1, -0.05) is 18.2 Å². The maximum Gasteiger partial charge on any atom is 0.161 e. The van der Waals surface area contributed by atoms with Gasteiger partial charge in [0, 0.05) is 32.7 Å². The van der Waals surface area contributed by atoms with E-state index in [9.17, 15) is 5.11 Å². The number of hydrogen-bond acceptors (Lipinski definition) is 7. The molecule has 7 heteroatoms. The second-order valence-electron chi connectivity index (χ2n) is 8.26. The summed E-state index contributed by atoms with van der Waals surface area (Å²) in [5, 5.41) is 20.1. The maximum absolute atomic E-state index is 11.1. The molecule has 1 fully saturated rings. The molecule has 2 N–H and O–H groups in total. The minimum Gasteiger partial charge on any atom is -0.497 e. The second kappa shape index (κ2) is 10.8. The van der Waals surface area contributed by atoms with E-state index >= 15 is 0 Å². The summed E-state index contributed by atoms with van der Waals surface area (Å²) in [5.74, 6) is 2.12. The first-order valence-electron chi connectivity index (χ1n) is 10.6. The molecule has 0 spiro atoms. The molecule has 7 nitrogen and oxygen atoms in total. The number of likely N-dealkylation sites (N-methyl/N-ethyl adjacent to an activating group) is 1. The summed E-state index contributed by atoms with van der Waals surface area (Å²) >= 11 is 0. The lowest BCUT2D eigenvalue weighted by molar-refractivity contribution is 0.0162. The Morgan fingerprint density at radius 1 is 1.03 bits per heavy atom. The van der Waals surface area contributed by atoms with Crippen molar-refractivity contribution in [3.8, 4) is 17.2 Å². The van der Waals surface area contributed by atoms with Crippen LogP contribution in [0.3, 0.4) is 0 Å². The lowest BCUT2D eigenvalue weighted by Crippen LogP contribution is -2.43. The number of aliphatic hydroxyl groups is 2. The molecule has 2 aromatic rings.